The molecular formula is C9H4ClF4NO3. The van der Waals surface area contributed by atoms with Gasteiger partial charge in [0.1, 0.15) is 5.82 Å². The summed E-state index contributed by atoms with van der Waals surface area (Å²) in [5, 5.41) is 9.35. The van der Waals surface area contributed by atoms with E-state index in [1.165, 1.54) is 5.32 Å². The van der Waals surface area contributed by atoms with Gasteiger partial charge >= 0.3 is 18.1 Å². The molecule has 0 fully saturated rings. The molecular weight excluding hydrogens is 282 g/mol. The van der Waals surface area contributed by atoms with E-state index in [0.717, 1.165) is 0 Å². The molecule has 1 amide bonds. The molecule has 0 unspecified atom stereocenters. The Hall–Kier alpha value is -1.83. The summed E-state index contributed by atoms with van der Waals surface area (Å²) in [7, 11) is 0. The number of rotatable bonds is 2. The van der Waals surface area contributed by atoms with Crippen LogP contribution in [0, 0.1) is 5.82 Å². The molecule has 1 aromatic rings. The highest BCUT2D eigenvalue weighted by atomic mass is 35.5. The summed E-state index contributed by atoms with van der Waals surface area (Å²) in [6.45, 7) is 0. The van der Waals surface area contributed by atoms with Crippen molar-refractivity contribution >= 4 is 29.2 Å². The van der Waals surface area contributed by atoms with Crippen molar-refractivity contribution in [2.24, 2.45) is 0 Å². The summed E-state index contributed by atoms with van der Waals surface area (Å²) in [5.41, 5.74) is -1.55. The summed E-state index contributed by atoms with van der Waals surface area (Å²) < 4.78 is 49.0. The number of carbonyl (C=O) groups is 2. The molecule has 9 heteroatoms. The Morgan fingerprint density at radius 1 is 1.28 bits per heavy atom. The zero-order chi connectivity index (χ0) is 14.1. The predicted octanol–water partition coefficient (Wildman–Crippen LogP) is 2.68. The van der Waals surface area contributed by atoms with Crippen molar-refractivity contribution < 1.29 is 32.3 Å². The van der Waals surface area contributed by atoms with Gasteiger partial charge in [-0.25, -0.2) is 9.18 Å². The topological polar surface area (TPSA) is 66.4 Å². The van der Waals surface area contributed by atoms with Crippen LogP contribution in [0.4, 0.5) is 23.2 Å². The maximum Gasteiger partial charge on any atom is 0.471 e. The van der Waals surface area contributed by atoms with Gasteiger partial charge in [0.2, 0.25) is 0 Å². The van der Waals surface area contributed by atoms with Crippen LogP contribution in [0.15, 0.2) is 12.1 Å². The third-order valence-electron chi connectivity index (χ3n) is 1.79. The molecule has 0 atom stereocenters. The number of benzene rings is 1. The standard InChI is InChI=1S/C9H4ClF4NO3/c10-4-2-5(11)6(1-3(4)7(16)17)15-8(18)9(12,13)14/h1-2H,(H,15,18)(H,16,17). The molecule has 0 aromatic heterocycles. The molecule has 1 aromatic carbocycles. The van der Waals surface area contributed by atoms with Gasteiger partial charge in [-0.15, -0.1) is 0 Å². The van der Waals surface area contributed by atoms with E-state index in [2.05, 4.69) is 0 Å². The van der Waals surface area contributed by atoms with Crippen LogP contribution in [0.5, 0.6) is 0 Å². The number of anilines is 1. The van der Waals surface area contributed by atoms with Gasteiger partial charge in [-0.3, -0.25) is 4.79 Å². The second-order valence-corrected chi connectivity index (χ2v) is 3.48. The summed E-state index contributed by atoms with van der Waals surface area (Å²) >= 11 is 5.37. The van der Waals surface area contributed by atoms with E-state index in [0.29, 0.717) is 12.1 Å². The average molecular weight is 286 g/mol. The van der Waals surface area contributed by atoms with Crippen LogP contribution in [0.2, 0.25) is 5.02 Å². The Morgan fingerprint density at radius 2 is 1.83 bits per heavy atom. The van der Waals surface area contributed by atoms with Crippen LogP contribution >= 0.6 is 11.6 Å². The fourth-order valence-corrected chi connectivity index (χ4v) is 1.23. The highest BCUT2D eigenvalue weighted by molar-refractivity contribution is 6.33. The normalized spacial score (nSPS) is 11.2. The number of alkyl halides is 3. The van der Waals surface area contributed by atoms with Gasteiger partial charge in [0.15, 0.2) is 0 Å². The minimum absolute atomic E-state index is 0.495. The van der Waals surface area contributed by atoms with E-state index in [-0.39, 0.29) is 0 Å². The lowest BCUT2D eigenvalue weighted by Crippen LogP contribution is -2.30. The molecule has 0 bridgehead atoms. The number of carbonyl (C=O) groups excluding carboxylic acids is 1. The molecule has 0 spiro atoms. The first kappa shape index (κ1) is 14.2. The average Bonchev–Trinajstić information content (AvgIpc) is 2.19. The van der Waals surface area contributed by atoms with Crippen molar-refractivity contribution in [3.63, 3.8) is 0 Å². The number of carboxylic acid groups (broad SMARTS) is 1. The largest absolute Gasteiger partial charge is 0.478 e. The van der Waals surface area contributed by atoms with Crippen LogP contribution in [-0.4, -0.2) is 23.2 Å². The van der Waals surface area contributed by atoms with E-state index < -0.39 is 40.1 Å². The van der Waals surface area contributed by atoms with Crippen molar-refractivity contribution in [3.05, 3.63) is 28.5 Å². The zero-order valence-corrected chi connectivity index (χ0v) is 9.06. The molecule has 2 N–H and O–H groups in total. The van der Waals surface area contributed by atoms with Gasteiger partial charge in [0.05, 0.1) is 16.3 Å². The van der Waals surface area contributed by atoms with E-state index in [1.54, 1.807) is 0 Å². The Morgan fingerprint density at radius 3 is 2.28 bits per heavy atom. The van der Waals surface area contributed by atoms with E-state index in [1.807, 2.05) is 0 Å². The molecule has 0 heterocycles. The van der Waals surface area contributed by atoms with Crippen LogP contribution in [-0.2, 0) is 4.79 Å². The van der Waals surface area contributed by atoms with Gasteiger partial charge in [-0.05, 0) is 12.1 Å². The van der Waals surface area contributed by atoms with Crippen molar-refractivity contribution in [3.8, 4) is 0 Å². The van der Waals surface area contributed by atoms with Crippen molar-refractivity contribution in [1.29, 1.82) is 0 Å². The van der Waals surface area contributed by atoms with Crippen molar-refractivity contribution in [1.82, 2.24) is 0 Å². The third-order valence-corrected chi connectivity index (χ3v) is 2.11. The number of halogens is 5. The van der Waals surface area contributed by atoms with E-state index in [4.69, 9.17) is 16.7 Å². The van der Waals surface area contributed by atoms with Crippen molar-refractivity contribution in [2.75, 3.05) is 5.32 Å². The number of aromatic carboxylic acids is 1. The second kappa shape index (κ2) is 4.81. The quantitative estimate of drug-likeness (QED) is 0.821. The van der Waals surface area contributed by atoms with Gasteiger partial charge in [-0.2, -0.15) is 13.2 Å². The molecule has 1 rings (SSSR count). The van der Waals surface area contributed by atoms with Crippen LogP contribution < -0.4 is 5.32 Å². The molecule has 0 aliphatic carbocycles. The summed E-state index contributed by atoms with van der Waals surface area (Å²) in [6.07, 6.45) is -5.21. The monoisotopic (exact) mass is 285 g/mol. The van der Waals surface area contributed by atoms with E-state index >= 15 is 0 Å². The maximum absolute atomic E-state index is 13.2. The zero-order valence-electron chi connectivity index (χ0n) is 8.31. The lowest BCUT2D eigenvalue weighted by molar-refractivity contribution is -0.167. The summed E-state index contributed by atoms with van der Waals surface area (Å²) in [5.74, 6) is -5.26. The number of amides is 1. The molecule has 98 valence electrons. The fourth-order valence-electron chi connectivity index (χ4n) is 1.00. The maximum atomic E-state index is 13.2. The SMILES string of the molecule is O=C(O)c1cc(NC(=O)C(F)(F)F)c(F)cc1Cl. The summed E-state index contributed by atoms with van der Waals surface area (Å²) in [4.78, 5) is 21.2. The van der Waals surface area contributed by atoms with Gasteiger partial charge in [0.25, 0.3) is 0 Å². The molecule has 4 nitrogen and oxygen atoms in total. The number of hydrogen-bond donors (Lipinski definition) is 2. The minimum Gasteiger partial charge on any atom is -0.478 e. The molecule has 0 saturated heterocycles. The minimum atomic E-state index is -5.21. The Kier molecular flexibility index (Phi) is 3.80. The second-order valence-electron chi connectivity index (χ2n) is 3.07. The molecule has 0 saturated carbocycles. The molecule has 18 heavy (non-hydrogen) atoms. The molecule has 0 aliphatic heterocycles. The first-order valence-corrected chi connectivity index (χ1v) is 4.61. The Labute approximate surface area is 102 Å². The number of hydrogen-bond acceptors (Lipinski definition) is 2. The van der Waals surface area contributed by atoms with Gasteiger partial charge in [0, 0.05) is 0 Å². The van der Waals surface area contributed by atoms with Crippen LogP contribution in [0.3, 0.4) is 0 Å². The lowest BCUT2D eigenvalue weighted by Gasteiger charge is -2.10. The number of carboxylic acids is 1. The van der Waals surface area contributed by atoms with Gasteiger partial charge < -0.3 is 10.4 Å². The summed E-state index contributed by atoms with van der Waals surface area (Å²) in [6, 6.07) is 1.00. The highest BCUT2D eigenvalue weighted by Crippen LogP contribution is 2.26. The predicted molar refractivity (Wildman–Crippen MR) is 53.1 cm³/mol. The van der Waals surface area contributed by atoms with Crippen LogP contribution in [0.1, 0.15) is 10.4 Å². The van der Waals surface area contributed by atoms with Gasteiger partial charge in [-0.1, -0.05) is 11.6 Å². The third kappa shape index (κ3) is 3.10. The smallest absolute Gasteiger partial charge is 0.471 e. The van der Waals surface area contributed by atoms with E-state index in [9.17, 15) is 27.2 Å². The Bertz CT molecular complexity index is 515. The van der Waals surface area contributed by atoms with Crippen LogP contribution in [0.25, 0.3) is 0 Å². The Balaban J connectivity index is 3.14. The first-order valence-electron chi connectivity index (χ1n) is 4.23. The van der Waals surface area contributed by atoms with Crippen molar-refractivity contribution in [2.45, 2.75) is 6.18 Å². The number of nitrogens with one attached hydrogen (secondary N) is 1. The first-order chi connectivity index (χ1) is 8.12. The molecule has 0 radical (unpaired) electrons. The fraction of sp³-hybridized carbons (Fsp3) is 0.111. The highest BCUT2D eigenvalue weighted by Gasteiger charge is 2.39. The molecule has 0 aliphatic rings. The lowest BCUT2D eigenvalue weighted by atomic mass is 10.2.